The molecule has 0 saturated carbocycles. The van der Waals surface area contributed by atoms with Gasteiger partial charge in [-0.05, 0) is 49.2 Å². The van der Waals surface area contributed by atoms with Gasteiger partial charge in [0.05, 0.1) is 9.85 Å². The van der Waals surface area contributed by atoms with Crippen LogP contribution in [-0.2, 0) is 16.1 Å². The number of hydrogen-bond donors (Lipinski definition) is 1. The van der Waals surface area contributed by atoms with Gasteiger partial charge >= 0.3 is 0 Å². The maximum Gasteiger partial charge on any atom is 0.247 e. The Bertz CT molecular complexity index is 1210. The third kappa shape index (κ3) is 5.02. The van der Waals surface area contributed by atoms with E-state index in [9.17, 15) is 9.59 Å². The molecule has 1 saturated heterocycles. The van der Waals surface area contributed by atoms with Gasteiger partial charge in [-0.3, -0.25) is 9.59 Å². The number of piperazine rings is 1. The zero-order valence-corrected chi connectivity index (χ0v) is 20.1. The SMILES string of the molecule is CCC[C@@H]1C(=O)N(Cc2ccc3c(N)ncnc3c2)[C@@H](C)CN1C(=O)C=Cc1ccc(Cl)s1. The van der Waals surface area contributed by atoms with Crippen molar-refractivity contribution in [2.45, 2.75) is 45.3 Å². The van der Waals surface area contributed by atoms with Crippen molar-refractivity contribution in [3.8, 4) is 0 Å². The van der Waals surface area contributed by atoms with E-state index in [0.29, 0.717) is 29.7 Å². The van der Waals surface area contributed by atoms with Crippen molar-refractivity contribution >= 4 is 57.5 Å². The topological polar surface area (TPSA) is 92.4 Å². The van der Waals surface area contributed by atoms with E-state index in [0.717, 1.165) is 27.8 Å². The molecule has 0 bridgehead atoms. The molecular weight excluding hydrogens is 458 g/mol. The number of amides is 2. The molecule has 3 aromatic rings. The van der Waals surface area contributed by atoms with Crippen molar-refractivity contribution < 1.29 is 9.59 Å². The molecule has 7 nitrogen and oxygen atoms in total. The van der Waals surface area contributed by atoms with Crippen LogP contribution in [0.2, 0.25) is 4.34 Å². The Labute approximate surface area is 201 Å². The minimum atomic E-state index is -0.478. The van der Waals surface area contributed by atoms with E-state index in [4.69, 9.17) is 17.3 Å². The van der Waals surface area contributed by atoms with E-state index in [2.05, 4.69) is 9.97 Å². The van der Waals surface area contributed by atoms with Crippen LogP contribution >= 0.6 is 22.9 Å². The van der Waals surface area contributed by atoms with Gasteiger partial charge in [0.1, 0.15) is 18.2 Å². The normalized spacial score (nSPS) is 19.1. The number of nitrogen functional groups attached to an aromatic ring is 1. The van der Waals surface area contributed by atoms with Crippen LogP contribution < -0.4 is 5.73 Å². The minimum Gasteiger partial charge on any atom is -0.383 e. The smallest absolute Gasteiger partial charge is 0.247 e. The molecule has 0 aliphatic carbocycles. The summed E-state index contributed by atoms with van der Waals surface area (Å²) in [5, 5.41) is 0.790. The summed E-state index contributed by atoms with van der Waals surface area (Å²) in [5.74, 6) is 0.249. The first-order chi connectivity index (χ1) is 15.9. The molecule has 3 heterocycles. The number of nitrogens with zero attached hydrogens (tertiary/aromatic N) is 4. The molecule has 2 N–H and O–H groups in total. The average Bonchev–Trinajstić information content (AvgIpc) is 3.22. The first kappa shape index (κ1) is 23.2. The van der Waals surface area contributed by atoms with Crippen LogP contribution in [0.4, 0.5) is 5.82 Å². The highest BCUT2D eigenvalue weighted by molar-refractivity contribution is 7.17. The van der Waals surface area contributed by atoms with Gasteiger partial charge in [0, 0.05) is 35.5 Å². The number of benzene rings is 1. The fourth-order valence-electron chi connectivity index (χ4n) is 4.17. The quantitative estimate of drug-likeness (QED) is 0.525. The van der Waals surface area contributed by atoms with Crippen LogP contribution in [0.1, 0.15) is 37.1 Å². The van der Waals surface area contributed by atoms with Crippen LogP contribution in [0.15, 0.2) is 42.7 Å². The van der Waals surface area contributed by atoms with Crippen molar-refractivity contribution in [2.75, 3.05) is 12.3 Å². The Balaban J connectivity index is 1.53. The Morgan fingerprint density at radius 2 is 2.12 bits per heavy atom. The summed E-state index contributed by atoms with van der Waals surface area (Å²) in [7, 11) is 0. The van der Waals surface area contributed by atoms with Gasteiger partial charge in [-0.15, -0.1) is 11.3 Å². The van der Waals surface area contributed by atoms with Gasteiger partial charge in [0.15, 0.2) is 0 Å². The highest BCUT2D eigenvalue weighted by Crippen LogP contribution is 2.26. The van der Waals surface area contributed by atoms with Crippen LogP contribution in [0.5, 0.6) is 0 Å². The number of thiophene rings is 1. The van der Waals surface area contributed by atoms with Gasteiger partial charge in [-0.1, -0.05) is 31.0 Å². The Morgan fingerprint density at radius 3 is 2.85 bits per heavy atom. The lowest BCUT2D eigenvalue weighted by Crippen LogP contribution is -2.61. The fraction of sp³-hybridized carbons (Fsp3) is 0.333. The lowest BCUT2D eigenvalue weighted by Gasteiger charge is -2.44. The summed E-state index contributed by atoms with van der Waals surface area (Å²) in [6, 6.07) is 8.85. The van der Waals surface area contributed by atoms with Crippen LogP contribution in [0.25, 0.3) is 17.0 Å². The second-order valence-electron chi connectivity index (χ2n) is 8.20. The van der Waals surface area contributed by atoms with Crippen LogP contribution in [-0.4, -0.2) is 50.2 Å². The van der Waals surface area contributed by atoms with E-state index in [1.165, 1.54) is 23.7 Å². The van der Waals surface area contributed by atoms with Crippen LogP contribution in [0.3, 0.4) is 0 Å². The maximum absolute atomic E-state index is 13.5. The molecule has 0 spiro atoms. The first-order valence-corrected chi connectivity index (χ1v) is 12.1. The number of carbonyl (C=O) groups is 2. The summed E-state index contributed by atoms with van der Waals surface area (Å²) in [6.07, 6.45) is 6.15. The number of fused-ring (bicyclic) bond motifs is 1. The van der Waals surface area contributed by atoms with Gasteiger partial charge in [0.2, 0.25) is 11.8 Å². The van der Waals surface area contributed by atoms with E-state index >= 15 is 0 Å². The van der Waals surface area contributed by atoms with Crippen molar-refractivity contribution in [3.63, 3.8) is 0 Å². The highest BCUT2D eigenvalue weighted by atomic mass is 35.5. The molecule has 172 valence electrons. The average molecular weight is 484 g/mol. The molecule has 1 aromatic carbocycles. The van der Waals surface area contributed by atoms with E-state index in [-0.39, 0.29) is 17.9 Å². The van der Waals surface area contributed by atoms with E-state index < -0.39 is 6.04 Å². The maximum atomic E-state index is 13.5. The standard InChI is InChI=1S/C24H26ClN5O2S/c1-3-4-20-24(32)29(13-16-5-8-18-19(11-16)27-14-28-23(18)26)15(2)12-30(20)22(31)10-7-17-6-9-21(25)33-17/h5-11,14-15,20H,3-4,12-13H2,1-2H3,(H2,26,27,28)/t15-,20+/m0/s1. The molecule has 0 unspecified atom stereocenters. The number of halogens is 1. The number of anilines is 1. The van der Waals surface area contributed by atoms with Gasteiger partial charge < -0.3 is 15.5 Å². The molecule has 9 heteroatoms. The molecule has 4 rings (SSSR count). The van der Waals surface area contributed by atoms with Gasteiger partial charge in [0.25, 0.3) is 0 Å². The summed E-state index contributed by atoms with van der Waals surface area (Å²) < 4.78 is 0.672. The van der Waals surface area contributed by atoms with Gasteiger partial charge in [-0.2, -0.15) is 0 Å². The van der Waals surface area contributed by atoms with E-state index in [1.54, 1.807) is 17.0 Å². The summed E-state index contributed by atoms with van der Waals surface area (Å²) >= 11 is 7.38. The molecule has 1 aliphatic rings. The van der Waals surface area contributed by atoms with Crippen molar-refractivity contribution in [1.29, 1.82) is 0 Å². The number of aromatic nitrogens is 2. The molecule has 33 heavy (non-hydrogen) atoms. The minimum absolute atomic E-state index is 0.0289. The lowest BCUT2D eigenvalue weighted by atomic mass is 10.0. The molecule has 2 amide bonds. The molecule has 1 fully saturated rings. The number of rotatable bonds is 6. The monoisotopic (exact) mass is 483 g/mol. The van der Waals surface area contributed by atoms with E-state index in [1.807, 2.05) is 43.0 Å². The number of carbonyl (C=O) groups excluding carboxylic acids is 2. The van der Waals surface area contributed by atoms with Crippen molar-refractivity contribution in [1.82, 2.24) is 19.8 Å². The van der Waals surface area contributed by atoms with Crippen molar-refractivity contribution in [3.05, 3.63) is 57.5 Å². The van der Waals surface area contributed by atoms with Gasteiger partial charge in [-0.25, -0.2) is 9.97 Å². The zero-order chi connectivity index (χ0) is 23.5. The molecular formula is C24H26ClN5O2S. The van der Waals surface area contributed by atoms with Crippen molar-refractivity contribution in [2.24, 2.45) is 0 Å². The lowest BCUT2D eigenvalue weighted by molar-refractivity contribution is -0.153. The Hall–Kier alpha value is -2.97. The zero-order valence-electron chi connectivity index (χ0n) is 18.6. The first-order valence-electron chi connectivity index (χ1n) is 10.9. The Morgan fingerprint density at radius 1 is 1.30 bits per heavy atom. The molecule has 0 radical (unpaired) electrons. The molecule has 2 aromatic heterocycles. The summed E-state index contributed by atoms with van der Waals surface area (Å²) in [4.78, 5) is 39.3. The number of hydrogen-bond acceptors (Lipinski definition) is 6. The molecule has 2 atom stereocenters. The fourth-order valence-corrected chi connectivity index (χ4v) is 5.13. The predicted octanol–water partition coefficient (Wildman–Crippen LogP) is 4.37. The Kier molecular flexibility index (Phi) is 6.95. The second-order valence-corrected chi connectivity index (χ2v) is 9.94. The third-order valence-electron chi connectivity index (χ3n) is 5.85. The van der Waals surface area contributed by atoms with Crippen LogP contribution in [0, 0.1) is 0 Å². The third-order valence-corrected chi connectivity index (χ3v) is 7.05. The highest BCUT2D eigenvalue weighted by Gasteiger charge is 2.39. The second kappa shape index (κ2) is 9.89. The molecule has 1 aliphatic heterocycles. The summed E-state index contributed by atoms with van der Waals surface area (Å²) in [5.41, 5.74) is 7.64. The summed E-state index contributed by atoms with van der Waals surface area (Å²) in [6.45, 7) is 4.93. The predicted molar refractivity (Wildman–Crippen MR) is 133 cm³/mol. The number of nitrogens with two attached hydrogens (primary N) is 1. The largest absolute Gasteiger partial charge is 0.383 e.